The molecule has 0 aromatic heterocycles. The van der Waals surface area contributed by atoms with Gasteiger partial charge in [-0.3, -0.25) is 0 Å². The highest BCUT2D eigenvalue weighted by Crippen LogP contribution is 1.99. The molecule has 0 saturated heterocycles. The summed E-state index contributed by atoms with van der Waals surface area (Å²) in [5, 5.41) is 0. The van der Waals surface area contributed by atoms with Crippen LogP contribution in [0.15, 0.2) is 0 Å². The molecule has 0 aliphatic rings. The highest BCUT2D eigenvalue weighted by atomic mass is 14.7. The van der Waals surface area contributed by atoms with Crippen molar-refractivity contribution in [2.24, 2.45) is 11.5 Å². The van der Waals surface area contributed by atoms with Crippen molar-refractivity contribution in [2.75, 3.05) is 0 Å². The molecule has 0 aliphatic carbocycles. The van der Waals surface area contributed by atoms with Crippen molar-refractivity contribution < 1.29 is 0 Å². The Balaban J connectivity index is 3.22. The highest BCUT2D eigenvalue weighted by molar-refractivity contribution is 4.67. The second kappa shape index (κ2) is 4.77. The van der Waals surface area contributed by atoms with Gasteiger partial charge in [0, 0.05) is 12.1 Å². The Kier molecular flexibility index (Phi) is 4.72. The smallest absolute Gasteiger partial charge is 0.00509 e. The fourth-order valence-corrected chi connectivity index (χ4v) is 0.722. The maximum absolute atomic E-state index is 5.67. The average Bonchev–Trinajstić information content (AvgIpc) is 1.87. The number of hydrogen-bond acceptors (Lipinski definition) is 2. The largest absolute Gasteiger partial charge is 0.328 e. The van der Waals surface area contributed by atoms with E-state index in [1.54, 1.807) is 0 Å². The summed E-state index contributed by atoms with van der Waals surface area (Å²) in [6.45, 7) is 4.18. The Hall–Kier alpha value is -0.0800. The highest BCUT2D eigenvalue weighted by Gasteiger charge is 2.04. The summed E-state index contributed by atoms with van der Waals surface area (Å²) in [6, 6.07) is 0.611. The molecule has 2 atom stereocenters. The van der Waals surface area contributed by atoms with E-state index in [4.69, 9.17) is 11.5 Å². The SMILES string of the molecule is CCC(N)CC(N)CC. The Bertz CT molecular complexity index is 55.9. The summed E-state index contributed by atoms with van der Waals surface area (Å²) in [4.78, 5) is 0. The molecule has 9 heavy (non-hydrogen) atoms. The van der Waals surface area contributed by atoms with Crippen LogP contribution in [0.25, 0.3) is 0 Å². The molecule has 0 bridgehead atoms. The minimum Gasteiger partial charge on any atom is -0.328 e. The molecule has 4 N–H and O–H groups in total. The summed E-state index contributed by atoms with van der Waals surface area (Å²) >= 11 is 0. The van der Waals surface area contributed by atoms with Gasteiger partial charge in [0.1, 0.15) is 0 Å². The first kappa shape index (κ1) is 8.92. The molecule has 2 unspecified atom stereocenters. The van der Waals surface area contributed by atoms with Gasteiger partial charge in [-0.05, 0) is 19.3 Å². The number of nitrogens with two attached hydrogens (primary N) is 2. The summed E-state index contributed by atoms with van der Waals surface area (Å²) in [5.74, 6) is 0. The van der Waals surface area contributed by atoms with Crippen molar-refractivity contribution in [1.29, 1.82) is 0 Å². The number of rotatable bonds is 4. The first-order valence-corrected chi connectivity index (χ1v) is 3.71. The lowest BCUT2D eigenvalue weighted by molar-refractivity contribution is 0.501. The zero-order chi connectivity index (χ0) is 7.28. The maximum Gasteiger partial charge on any atom is 0.00509 e. The van der Waals surface area contributed by atoms with E-state index in [0.29, 0.717) is 12.1 Å². The van der Waals surface area contributed by atoms with Crippen LogP contribution in [0.2, 0.25) is 0 Å². The van der Waals surface area contributed by atoms with Gasteiger partial charge in [0.15, 0.2) is 0 Å². The molecule has 0 aromatic carbocycles. The normalized spacial score (nSPS) is 17.3. The Morgan fingerprint density at radius 2 is 1.33 bits per heavy atom. The Morgan fingerprint density at radius 1 is 1.00 bits per heavy atom. The van der Waals surface area contributed by atoms with Crippen molar-refractivity contribution >= 4 is 0 Å². The van der Waals surface area contributed by atoms with Crippen LogP contribution >= 0.6 is 0 Å². The minimum atomic E-state index is 0.306. The molecule has 56 valence electrons. The van der Waals surface area contributed by atoms with E-state index in [1.807, 2.05) is 0 Å². The topological polar surface area (TPSA) is 52.0 Å². The third-order valence-corrected chi connectivity index (χ3v) is 1.65. The summed E-state index contributed by atoms with van der Waals surface area (Å²) in [7, 11) is 0. The van der Waals surface area contributed by atoms with Crippen LogP contribution in [0.4, 0.5) is 0 Å². The molecule has 0 spiro atoms. The van der Waals surface area contributed by atoms with Crippen LogP contribution in [0.3, 0.4) is 0 Å². The van der Waals surface area contributed by atoms with Crippen LogP contribution in [0.5, 0.6) is 0 Å². The standard InChI is InChI=1S/C7H18N2/c1-3-6(8)5-7(9)4-2/h6-7H,3-5,8-9H2,1-2H3. The lowest BCUT2D eigenvalue weighted by Gasteiger charge is -2.13. The van der Waals surface area contributed by atoms with E-state index in [2.05, 4.69) is 13.8 Å². The van der Waals surface area contributed by atoms with Crippen molar-refractivity contribution in [1.82, 2.24) is 0 Å². The van der Waals surface area contributed by atoms with Crippen LogP contribution in [-0.4, -0.2) is 12.1 Å². The van der Waals surface area contributed by atoms with Gasteiger partial charge in [0.25, 0.3) is 0 Å². The van der Waals surface area contributed by atoms with Gasteiger partial charge in [-0.25, -0.2) is 0 Å². The zero-order valence-corrected chi connectivity index (χ0v) is 6.43. The quantitative estimate of drug-likeness (QED) is 0.592. The molecule has 0 radical (unpaired) electrons. The third-order valence-electron chi connectivity index (χ3n) is 1.65. The first-order chi connectivity index (χ1) is 4.20. The van der Waals surface area contributed by atoms with E-state index in [1.165, 1.54) is 0 Å². The molecule has 0 amide bonds. The molecule has 0 fully saturated rings. The fraction of sp³-hybridized carbons (Fsp3) is 1.00. The van der Waals surface area contributed by atoms with Crippen LogP contribution in [0.1, 0.15) is 33.1 Å². The first-order valence-electron chi connectivity index (χ1n) is 3.71. The lowest BCUT2D eigenvalue weighted by atomic mass is 10.1. The maximum atomic E-state index is 5.67. The molecule has 0 aliphatic heterocycles. The molecule has 2 heteroatoms. The predicted molar refractivity (Wildman–Crippen MR) is 41.1 cm³/mol. The molecular weight excluding hydrogens is 112 g/mol. The molecule has 0 aromatic rings. The van der Waals surface area contributed by atoms with Crippen LogP contribution in [0, 0.1) is 0 Å². The average molecular weight is 130 g/mol. The van der Waals surface area contributed by atoms with Gasteiger partial charge in [-0.1, -0.05) is 13.8 Å². The van der Waals surface area contributed by atoms with Crippen LogP contribution in [-0.2, 0) is 0 Å². The second-order valence-electron chi connectivity index (χ2n) is 2.57. The van der Waals surface area contributed by atoms with Crippen molar-refractivity contribution in [2.45, 2.75) is 45.2 Å². The zero-order valence-electron chi connectivity index (χ0n) is 6.43. The molecular formula is C7H18N2. The van der Waals surface area contributed by atoms with Crippen LogP contribution < -0.4 is 11.5 Å². The Morgan fingerprint density at radius 3 is 1.56 bits per heavy atom. The van der Waals surface area contributed by atoms with E-state index >= 15 is 0 Å². The summed E-state index contributed by atoms with van der Waals surface area (Å²) in [5.41, 5.74) is 11.3. The minimum absolute atomic E-state index is 0.306. The van der Waals surface area contributed by atoms with Gasteiger partial charge in [0.05, 0.1) is 0 Å². The van der Waals surface area contributed by atoms with Gasteiger partial charge in [0.2, 0.25) is 0 Å². The van der Waals surface area contributed by atoms with E-state index in [9.17, 15) is 0 Å². The molecule has 0 saturated carbocycles. The van der Waals surface area contributed by atoms with E-state index < -0.39 is 0 Å². The van der Waals surface area contributed by atoms with E-state index in [0.717, 1.165) is 19.3 Å². The van der Waals surface area contributed by atoms with Crippen molar-refractivity contribution in [3.63, 3.8) is 0 Å². The summed E-state index contributed by atoms with van der Waals surface area (Å²) < 4.78 is 0. The second-order valence-corrected chi connectivity index (χ2v) is 2.57. The van der Waals surface area contributed by atoms with Gasteiger partial charge < -0.3 is 11.5 Å². The predicted octanol–water partition coefficient (Wildman–Crippen LogP) is 0.851. The van der Waals surface area contributed by atoms with Gasteiger partial charge >= 0.3 is 0 Å². The molecule has 2 nitrogen and oxygen atoms in total. The summed E-state index contributed by atoms with van der Waals surface area (Å²) in [6.07, 6.45) is 3.04. The van der Waals surface area contributed by atoms with E-state index in [-0.39, 0.29) is 0 Å². The number of hydrogen-bond donors (Lipinski definition) is 2. The Labute approximate surface area is 57.6 Å². The van der Waals surface area contributed by atoms with Gasteiger partial charge in [-0.2, -0.15) is 0 Å². The monoisotopic (exact) mass is 130 g/mol. The molecule has 0 rings (SSSR count). The fourth-order valence-electron chi connectivity index (χ4n) is 0.722. The molecule has 0 heterocycles. The van der Waals surface area contributed by atoms with Crippen molar-refractivity contribution in [3.05, 3.63) is 0 Å². The third kappa shape index (κ3) is 4.43. The lowest BCUT2D eigenvalue weighted by Crippen LogP contribution is -2.30. The van der Waals surface area contributed by atoms with Gasteiger partial charge in [-0.15, -0.1) is 0 Å². The van der Waals surface area contributed by atoms with Crippen molar-refractivity contribution in [3.8, 4) is 0 Å².